The van der Waals surface area contributed by atoms with Crippen molar-refractivity contribution in [2.75, 3.05) is 12.1 Å². The van der Waals surface area contributed by atoms with Gasteiger partial charge >= 0.3 is 0 Å². The van der Waals surface area contributed by atoms with Gasteiger partial charge in [-0.3, -0.25) is 15.6 Å². The van der Waals surface area contributed by atoms with Crippen LogP contribution in [0.15, 0.2) is 48.5 Å². The van der Waals surface area contributed by atoms with Crippen LogP contribution in [0.3, 0.4) is 0 Å². The summed E-state index contributed by atoms with van der Waals surface area (Å²) in [6, 6.07) is 14.4. The molecule has 1 amide bonds. The van der Waals surface area contributed by atoms with Crippen LogP contribution in [0.5, 0.6) is 17.2 Å². The highest BCUT2D eigenvalue weighted by Gasteiger charge is 2.16. The van der Waals surface area contributed by atoms with E-state index in [2.05, 4.69) is 16.2 Å². The number of para-hydroxylation sites is 1. The lowest BCUT2D eigenvalue weighted by Crippen LogP contribution is -2.48. The van der Waals surface area contributed by atoms with Gasteiger partial charge in [0, 0.05) is 11.8 Å². The second kappa shape index (κ2) is 7.71. The summed E-state index contributed by atoms with van der Waals surface area (Å²) < 4.78 is 16.1. The Morgan fingerprint density at radius 3 is 2.68 bits per heavy atom. The number of fused-ring (bicyclic) bond motifs is 1. The van der Waals surface area contributed by atoms with E-state index in [0.29, 0.717) is 22.9 Å². The molecule has 130 valence electrons. The Morgan fingerprint density at radius 1 is 1.12 bits per heavy atom. The van der Waals surface area contributed by atoms with Crippen LogP contribution < -0.4 is 30.4 Å². The van der Waals surface area contributed by atoms with Gasteiger partial charge in [-0.15, -0.1) is 0 Å². The van der Waals surface area contributed by atoms with E-state index in [0.717, 1.165) is 0 Å². The maximum atomic E-state index is 12.0. The molecule has 0 unspecified atom stereocenters. The second-order valence-electron chi connectivity index (χ2n) is 5.21. The van der Waals surface area contributed by atoms with Crippen molar-refractivity contribution in [1.29, 1.82) is 0 Å². The van der Waals surface area contributed by atoms with Crippen molar-refractivity contribution < 1.29 is 19.0 Å². The van der Waals surface area contributed by atoms with Crippen LogP contribution >= 0.6 is 12.2 Å². The van der Waals surface area contributed by atoms with Gasteiger partial charge in [-0.25, -0.2) is 0 Å². The average Bonchev–Trinajstić information content (AvgIpc) is 3.08. The second-order valence-corrected chi connectivity index (χ2v) is 5.62. The summed E-state index contributed by atoms with van der Waals surface area (Å²) in [5.41, 5.74) is 5.85. The molecule has 1 aliphatic heterocycles. The Hall–Kier alpha value is -3.00. The number of carbonyl (C=O) groups is 1. The number of hydrogen-bond acceptors (Lipinski definition) is 5. The number of ether oxygens (including phenoxy) is 3. The van der Waals surface area contributed by atoms with Crippen LogP contribution in [0.4, 0.5) is 5.69 Å². The molecule has 0 aliphatic carbocycles. The zero-order valence-corrected chi connectivity index (χ0v) is 14.3. The molecule has 0 bridgehead atoms. The summed E-state index contributed by atoms with van der Waals surface area (Å²) in [6.07, 6.45) is -0.678. The summed E-state index contributed by atoms with van der Waals surface area (Å²) in [4.78, 5) is 12.0. The van der Waals surface area contributed by atoms with Crippen molar-refractivity contribution in [2.45, 2.75) is 13.0 Å². The smallest absolute Gasteiger partial charge is 0.279 e. The molecule has 0 spiro atoms. The molecular weight excluding hydrogens is 342 g/mol. The van der Waals surface area contributed by atoms with Crippen molar-refractivity contribution in [1.82, 2.24) is 10.9 Å². The van der Waals surface area contributed by atoms with Gasteiger partial charge in [0.1, 0.15) is 5.75 Å². The zero-order valence-electron chi connectivity index (χ0n) is 13.4. The third-order valence-electron chi connectivity index (χ3n) is 3.35. The van der Waals surface area contributed by atoms with Crippen LogP contribution in [0.25, 0.3) is 0 Å². The molecule has 1 aliphatic rings. The van der Waals surface area contributed by atoms with Crippen molar-refractivity contribution >= 4 is 28.9 Å². The van der Waals surface area contributed by atoms with Gasteiger partial charge in [-0.05, 0) is 43.4 Å². The topological polar surface area (TPSA) is 80.9 Å². The Balaban J connectivity index is 1.46. The van der Waals surface area contributed by atoms with Crippen LogP contribution in [0.2, 0.25) is 0 Å². The van der Waals surface area contributed by atoms with Gasteiger partial charge in [-0.1, -0.05) is 18.2 Å². The van der Waals surface area contributed by atoms with Gasteiger partial charge in [0.2, 0.25) is 6.79 Å². The fraction of sp³-hybridized carbons (Fsp3) is 0.176. The maximum Gasteiger partial charge on any atom is 0.279 e. The van der Waals surface area contributed by atoms with E-state index in [4.69, 9.17) is 26.4 Å². The van der Waals surface area contributed by atoms with E-state index in [1.54, 1.807) is 37.3 Å². The van der Waals surface area contributed by atoms with E-state index in [9.17, 15) is 4.79 Å². The van der Waals surface area contributed by atoms with Crippen LogP contribution in [-0.2, 0) is 4.79 Å². The molecule has 0 saturated heterocycles. The standard InChI is InChI=1S/C17H17N3O4S/c1-11(24-13-5-3-2-4-6-13)16(21)19-20-17(25)18-12-7-8-14-15(9-12)23-10-22-14/h2-9,11H,10H2,1H3,(H,19,21)(H2,18,20,25)/t11-/m0/s1. The highest BCUT2D eigenvalue weighted by atomic mass is 32.1. The van der Waals surface area contributed by atoms with Gasteiger partial charge in [0.15, 0.2) is 22.7 Å². The lowest BCUT2D eigenvalue weighted by atomic mass is 10.3. The lowest BCUT2D eigenvalue weighted by Gasteiger charge is -2.16. The minimum atomic E-state index is -0.678. The predicted molar refractivity (Wildman–Crippen MR) is 96.6 cm³/mol. The van der Waals surface area contributed by atoms with E-state index in [1.165, 1.54) is 0 Å². The molecule has 25 heavy (non-hydrogen) atoms. The molecule has 3 rings (SSSR count). The fourth-order valence-electron chi connectivity index (χ4n) is 2.11. The zero-order chi connectivity index (χ0) is 17.6. The first-order chi connectivity index (χ1) is 12.1. The molecule has 1 atom stereocenters. The molecule has 0 saturated carbocycles. The first-order valence-corrected chi connectivity index (χ1v) is 8.01. The number of rotatable bonds is 4. The molecule has 2 aromatic carbocycles. The minimum Gasteiger partial charge on any atom is -0.481 e. The molecule has 7 nitrogen and oxygen atoms in total. The van der Waals surface area contributed by atoms with E-state index >= 15 is 0 Å². The van der Waals surface area contributed by atoms with E-state index in [1.807, 2.05) is 18.2 Å². The number of thiocarbonyl (C=S) groups is 1. The first kappa shape index (κ1) is 16.8. The van der Waals surface area contributed by atoms with Gasteiger partial charge in [-0.2, -0.15) is 0 Å². The number of amides is 1. The molecule has 2 aromatic rings. The number of anilines is 1. The number of hydrogen-bond donors (Lipinski definition) is 3. The van der Waals surface area contributed by atoms with Crippen LogP contribution in [-0.4, -0.2) is 23.9 Å². The highest BCUT2D eigenvalue weighted by molar-refractivity contribution is 7.80. The van der Waals surface area contributed by atoms with Gasteiger partial charge < -0.3 is 19.5 Å². The average molecular weight is 359 g/mol. The van der Waals surface area contributed by atoms with Crippen LogP contribution in [0.1, 0.15) is 6.92 Å². The van der Waals surface area contributed by atoms with Crippen molar-refractivity contribution in [3.05, 3.63) is 48.5 Å². The van der Waals surface area contributed by atoms with E-state index < -0.39 is 6.10 Å². The van der Waals surface area contributed by atoms with E-state index in [-0.39, 0.29) is 17.8 Å². The molecule has 1 heterocycles. The summed E-state index contributed by atoms with van der Waals surface area (Å²) in [6.45, 7) is 1.86. The predicted octanol–water partition coefficient (Wildman–Crippen LogP) is 2.20. The number of nitrogens with one attached hydrogen (secondary N) is 3. The van der Waals surface area contributed by atoms with Gasteiger partial charge in [0.05, 0.1) is 0 Å². The Morgan fingerprint density at radius 2 is 1.88 bits per heavy atom. The number of hydrazine groups is 1. The molecule has 0 fully saturated rings. The lowest BCUT2D eigenvalue weighted by molar-refractivity contribution is -0.127. The van der Waals surface area contributed by atoms with Crippen molar-refractivity contribution in [2.24, 2.45) is 0 Å². The molecular formula is C17H17N3O4S. The van der Waals surface area contributed by atoms with Crippen molar-refractivity contribution in [3.63, 3.8) is 0 Å². The minimum absolute atomic E-state index is 0.205. The first-order valence-electron chi connectivity index (χ1n) is 7.60. The largest absolute Gasteiger partial charge is 0.481 e. The molecule has 0 aromatic heterocycles. The quantitative estimate of drug-likeness (QED) is 0.570. The van der Waals surface area contributed by atoms with Crippen molar-refractivity contribution in [3.8, 4) is 17.2 Å². The SMILES string of the molecule is C[C@H](Oc1ccccc1)C(=O)NNC(=S)Nc1ccc2c(c1)OCO2. The third kappa shape index (κ3) is 4.51. The Labute approximate surface area is 150 Å². The maximum absolute atomic E-state index is 12.0. The molecule has 3 N–H and O–H groups in total. The third-order valence-corrected chi connectivity index (χ3v) is 3.56. The Kier molecular flexibility index (Phi) is 5.20. The monoisotopic (exact) mass is 359 g/mol. The number of benzene rings is 2. The summed E-state index contributed by atoms with van der Waals surface area (Å²) in [7, 11) is 0. The summed E-state index contributed by atoms with van der Waals surface area (Å²) in [5, 5.41) is 3.18. The summed E-state index contributed by atoms with van der Waals surface area (Å²) >= 11 is 5.15. The normalized spacial score (nSPS) is 12.8. The Bertz CT molecular complexity index is 770. The van der Waals surface area contributed by atoms with Gasteiger partial charge in [0.25, 0.3) is 5.91 Å². The molecule has 0 radical (unpaired) electrons. The fourth-order valence-corrected chi connectivity index (χ4v) is 2.28. The highest BCUT2D eigenvalue weighted by Crippen LogP contribution is 2.34. The number of carbonyl (C=O) groups excluding carboxylic acids is 1. The molecule has 8 heteroatoms. The van der Waals surface area contributed by atoms with Crippen LogP contribution in [0, 0.1) is 0 Å². The summed E-state index contributed by atoms with van der Waals surface area (Å²) in [5.74, 6) is 1.59.